The highest BCUT2D eigenvalue weighted by Gasteiger charge is 2.24. The van der Waals surface area contributed by atoms with E-state index in [4.69, 9.17) is 21.1 Å². The van der Waals surface area contributed by atoms with Gasteiger partial charge in [-0.2, -0.15) is 0 Å². The molecule has 11 heteroatoms. The molecule has 4 rings (SSSR count). The van der Waals surface area contributed by atoms with Crippen LogP contribution in [0.1, 0.15) is 22.4 Å². The van der Waals surface area contributed by atoms with Crippen molar-refractivity contribution in [2.24, 2.45) is 0 Å². The Hall–Kier alpha value is -4.67. The van der Waals surface area contributed by atoms with Crippen molar-refractivity contribution in [2.75, 3.05) is 19.7 Å². The van der Waals surface area contributed by atoms with Gasteiger partial charge < -0.3 is 30.0 Å². The van der Waals surface area contributed by atoms with Gasteiger partial charge in [-0.1, -0.05) is 84.4 Å². The maximum atomic E-state index is 13.3. The number of alkyl carbamates (subject to hydrolysis) is 1. The number of benzene rings is 3. The van der Waals surface area contributed by atoms with E-state index in [0.29, 0.717) is 37.0 Å². The molecule has 224 valence electrons. The lowest BCUT2D eigenvalue weighted by molar-refractivity contribution is -0.134. The Morgan fingerprint density at radius 1 is 0.884 bits per heavy atom. The van der Waals surface area contributed by atoms with Crippen molar-refractivity contribution in [3.8, 4) is 0 Å². The van der Waals surface area contributed by atoms with Crippen LogP contribution in [0.3, 0.4) is 0 Å². The monoisotopic (exact) mass is 603 g/mol. The van der Waals surface area contributed by atoms with E-state index < -0.39 is 18.0 Å². The second kappa shape index (κ2) is 16.7. The van der Waals surface area contributed by atoms with Gasteiger partial charge in [0.2, 0.25) is 11.8 Å². The van der Waals surface area contributed by atoms with Crippen LogP contribution in [0, 0.1) is 0 Å². The van der Waals surface area contributed by atoms with Gasteiger partial charge in [-0.25, -0.2) is 9.78 Å². The van der Waals surface area contributed by atoms with Crippen LogP contribution >= 0.6 is 11.6 Å². The molecule has 0 aliphatic carbocycles. The normalized spacial score (nSPS) is 11.4. The van der Waals surface area contributed by atoms with Crippen LogP contribution in [0.25, 0.3) is 0 Å². The number of rotatable bonds is 15. The maximum absolute atomic E-state index is 13.3. The molecule has 0 aliphatic heterocycles. The first-order valence-electron chi connectivity index (χ1n) is 13.8. The van der Waals surface area contributed by atoms with Gasteiger partial charge in [-0.15, -0.1) is 0 Å². The number of halogens is 1. The Balaban J connectivity index is 1.34. The lowest BCUT2D eigenvalue weighted by atomic mass is 10.1. The molecule has 10 nitrogen and oxygen atoms in total. The van der Waals surface area contributed by atoms with Crippen molar-refractivity contribution in [1.29, 1.82) is 0 Å². The smallest absolute Gasteiger partial charge is 0.408 e. The van der Waals surface area contributed by atoms with Gasteiger partial charge in [-0.3, -0.25) is 9.59 Å². The number of ether oxygens (including phenoxy) is 2. The zero-order chi connectivity index (χ0) is 30.3. The zero-order valence-corrected chi connectivity index (χ0v) is 24.3. The van der Waals surface area contributed by atoms with Crippen LogP contribution in [0.5, 0.6) is 0 Å². The highest BCUT2D eigenvalue weighted by Crippen LogP contribution is 2.12. The van der Waals surface area contributed by atoms with Gasteiger partial charge in [0.15, 0.2) is 0 Å². The van der Waals surface area contributed by atoms with E-state index in [1.165, 1.54) is 6.33 Å². The number of hydrogen-bond acceptors (Lipinski definition) is 6. The minimum Gasteiger partial charge on any atom is -0.445 e. The van der Waals surface area contributed by atoms with Crippen molar-refractivity contribution in [1.82, 2.24) is 25.5 Å². The fourth-order valence-electron chi connectivity index (χ4n) is 4.17. The summed E-state index contributed by atoms with van der Waals surface area (Å²) in [5, 5.41) is 5.87. The number of nitrogens with one attached hydrogen (secondary N) is 3. The van der Waals surface area contributed by atoms with Gasteiger partial charge in [0, 0.05) is 36.4 Å². The number of amides is 3. The third-order valence-corrected chi connectivity index (χ3v) is 6.72. The number of imidazole rings is 1. The van der Waals surface area contributed by atoms with Gasteiger partial charge in [0.1, 0.15) is 12.6 Å². The second-order valence-electron chi connectivity index (χ2n) is 9.74. The molecule has 1 atom stereocenters. The standard InChI is InChI=1S/C32H34ClN5O5/c33-27-13-11-24(12-14-27)20-38(15-16-42-21-25-7-3-1-4-8-25)30(39)19-35-31(40)29(17-28-18-34-23-36-28)37-32(41)43-22-26-9-5-2-6-10-26/h1-14,18,23,29H,15-17,19-22H2,(H,34,36)(H,35,40)(H,37,41). The summed E-state index contributed by atoms with van der Waals surface area (Å²) in [6, 6.07) is 25.2. The first-order valence-corrected chi connectivity index (χ1v) is 14.2. The fourth-order valence-corrected chi connectivity index (χ4v) is 4.30. The Morgan fingerprint density at radius 2 is 1.56 bits per heavy atom. The topological polar surface area (TPSA) is 126 Å². The molecule has 0 bridgehead atoms. The van der Waals surface area contributed by atoms with E-state index in [-0.39, 0.29) is 25.5 Å². The minimum absolute atomic E-state index is 0.0511. The van der Waals surface area contributed by atoms with Crippen molar-refractivity contribution in [3.63, 3.8) is 0 Å². The molecule has 3 N–H and O–H groups in total. The average Bonchev–Trinajstić information content (AvgIpc) is 3.55. The Morgan fingerprint density at radius 3 is 2.21 bits per heavy atom. The fraction of sp³-hybridized carbons (Fsp3) is 0.250. The molecule has 0 spiro atoms. The summed E-state index contributed by atoms with van der Waals surface area (Å²) >= 11 is 6.03. The number of carbonyl (C=O) groups is 3. The number of nitrogens with zero attached hydrogens (tertiary/aromatic N) is 2. The molecular formula is C32H34ClN5O5. The molecule has 1 heterocycles. The first-order chi connectivity index (χ1) is 21.0. The molecule has 1 unspecified atom stereocenters. The highest BCUT2D eigenvalue weighted by atomic mass is 35.5. The molecule has 3 amide bonds. The van der Waals surface area contributed by atoms with Crippen molar-refractivity contribution in [3.05, 3.63) is 125 Å². The SMILES string of the molecule is O=C(NC(Cc1cnc[nH]1)C(=O)NCC(=O)N(CCOCc1ccccc1)Cc1ccc(Cl)cc1)OCc1ccccc1. The summed E-state index contributed by atoms with van der Waals surface area (Å²) in [7, 11) is 0. The zero-order valence-electron chi connectivity index (χ0n) is 23.6. The van der Waals surface area contributed by atoms with Gasteiger partial charge in [-0.05, 0) is 28.8 Å². The van der Waals surface area contributed by atoms with Crippen molar-refractivity contribution < 1.29 is 23.9 Å². The molecule has 3 aromatic carbocycles. The van der Waals surface area contributed by atoms with Crippen LogP contribution < -0.4 is 10.6 Å². The molecule has 0 radical (unpaired) electrons. The number of hydrogen-bond donors (Lipinski definition) is 3. The Bertz CT molecular complexity index is 1420. The Labute approximate surface area is 255 Å². The number of H-pyrrole nitrogens is 1. The predicted molar refractivity (Wildman–Crippen MR) is 162 cm³/mol. The summed E-state index contributed by atoms with van der Waals surface area (Å²) in [5.41, 5.74) is 3.36. The molecule has 0 aliphatic rings. The quantitative estimate of drug-likeness (QED) is 0.174. The summed E-state index contributed by atoms with van der Waals surface area (Å²) in [6.45, 7) is 1.12. The van der Waals surface area contributed by atoms with Crippen molar-refractivity contribution >= 4 is 29.5 Å². The van der Waals surface area contributed by atoms with Crippen LogP contribution in [-0.4, -0.2) is 58.5 Å². The third-order valence-electron chi connectivity index (χ3n) is 6.47. The molecule has 0 saturated carbocycles. The van der Waals surface area contributed by atoms with Crippen LogP contribution in [0.2, 0.25) is 5.02 Å². The van der Waals surface area contributed by atoms with E-state index in [9.17, 15) is 14.4 Å². The summed E-state index contributed by atoms with van der Waals surface area (Å²) < 4.78 is 11.1. The molecule has 0 fully saturated rings. The Kier molecular flexibility index (Phi) is 12.1. The van der Waals surface area contributed by atoms with Crippen molar-refractivity contribution in [2.45, 2.75) is 32.2 Å². The van der Waals surface area contributed by atoms with Gasteiger partial charge >= 0.3 is 6.09 Å². The molecule has 1 aromatic heterocycles. The first kappa shape index (κ1) is 31.3. The van der Waals surface area contributed by atoms with Gasteiger partial charge in [0.05, 0.1) is 26.1 Å². The lowest BCUT2D eigenvalue weighted by Crippen LogP contribution is -2.50. The largest absolute Gasteiger partial charge is 0.445 e. The van der Waals surface area contributed by atoms with Crippen LogP contribution in [-0.2, 0) is 45.2 Å². The van der Waals surface area contributed by atoms with Crippen LogP contribution in [0.4, 0.5) is 4.79 Å². The van der Waals surface area contributed by atoms with E-state index in [1.807, 2.05) is 72.8 Å². The molecule has 43 heavy (non-hydrogen) atoms. The summed E-state index contributed by atoms with van der Waals surface area (Å²) in [4.78, 5) is 47.6. The number of aromatic amines is 1. The molecule has 4 aromatic rings. The number of aromatic nitrogens is 2. The summed E-state index contributed by atoms with van der Waals surface area (Å²) in [6.07, 6.45) is 2.42. The molecular weight excluding hydrogens is 570 g/mol. The minimum atomic E-state index is -1.00. The van der Waals surface area contributed by atoms with Crippen LogP contribution in [0.15, 0.2) is 97.5 Å². The maximum Gasteiger partial charge on any atom is 0.408 e. The van der Waals surface area contributed by atoms with Gasteiger partial charge in [0.25, 0.3) is 0 Å². The summed E-state index contributed by atoms with van der Waals surface area (Å²) in [5.74, 6) is -0.843. The van der Waals surface area contributed by atoms with E-state index in [1.54, 1.807) is 23.2 Å². The molecule has 0 saturated heterocycles. The van der Waals surface area contributed by atoms with E-state index in [0.717, 1.165) is 16.7 Å². The van der Waals surface area contributed by atoms with E-state index in [2.05, 4.69) is 20.6 Å². The lowest BCUT2D eigenvalue weighted by Gasteiger charge is -2.24. The van der Waals surface area contributed by atoms with E-state index >= 15 is 0 Å². The predicted octanol–water partition coefficient (Wildman–Crippen LogP) is 4.26. The third kappa shape index (κ3) is 10.9. The highest BCUT2D eigenvalue weighted by molar-refractivity contribution is 6.30. The average molecular weight is 604 g/mol. The number of carbonyl (C=O) groups excluding carboxylic acids is 3. The second-order valence-corrected chi connectivity index (χ2v) is 10.2.